The Kier molecular flexibility index (Phi) is 1.92. The van der Waals surface area contributed by atoms with Crippen LogP contribution in [0.15, 0.2) is 30.5 Å². The van der Waals surface area contributed by atoms with Crippen molar-refractivity contribution in [1.29, 1.82) is 0 Å². The highest BCUT2D eigenvalue weighted by atomic mass is 16.3. The van der Waals surface area contributed by atoms with Gasteiger partial charge in [-0.25, -0.2) is 0 Å². The second-order valence-corrected chi connectivity index (χ2v) is 4.06. The van der Waals surface area contributed by atoms with Crippen LogP contribution in [0.5, 0.6) is 0 Å². The van der Waals surface area contributed by atoms with E-state index >= 15 is 0 Å². The number of pyridine rings is 2. The maximum atomic E-state index is 9.01. The molecule has 3 nitrogen and oxygen atoms in total. The van der Waals surface area contributed by atoms with Gasteiger partial charge in [-0.15, -0.1) is 0 Å². The third kappa shape index (κ3) is 1.49. The Balaban J connectivity index is 2.00. The summed E-state index contributed by atoms with van der Waals surface area (Å²) in [6, 6.07) is 7.90. The third-order valence-corrected chi connectivity index (χ3v) is 3.01. The van der Waals surface area contributed by atoms with Gasteiger partial charge in [0.05, 0.1) is 11.0 Å². The van der Waals surface area contributed by atoms with Crippen molar-refractivity contribution in [2.24, 2.45) is 5.92 Å². The van der Waals surface area contributed by atoms with Crippen LogP contribution in [-0.4, -0.2) is 21.7 Å². The van der Waals surface area contributed by atoms with Gasteiger partial charge in [-0.05, 0) is 36.6 Å². The standard InChI is InChI=1S/C12H12N2O/c15-7-8-6-9(8)10-3-4-11-12(14-10)2-1-5-13-11/h1-5,8-9,15H,6-7H2/t8-,9+/m1/s1. The fourth-order valence-electron chi connectivity index (χ4n) is 1.99. The molecule has 0 aromatic carbocycles. The Morgan fingerprint density at radius 3 is 3.00 bits per heavy atom. The van der Waals surface area contributed by atoms with Crippen LogP contribution in [0.25, 0.3) is 11.0 Å². The summed E-state index contributed by atoms with van der Waals surface area (Å²) < 4.78 is 0. The summed E-state index contributed by atoms with van der Waals surface area (Å²) in [7, 11) is 0. The summed E-state index contributed by atoms with van der Waals surface area (Å²) in [6.45, 7) is 0.275. The van der Waals surface area contributed by atoms with Crippen molar-refractivity contribution in [2.45, 2.75) is 12.3 Å². The van der Waals surface area contributed by atoms with E-state index < -0.39 is 0 Å². The van der Waals surface area contributed by atoms with Crippen molar-refractivity contribution in [2.75, 3.05) is 6.61 Å². The van der Waals surface area contributed by atoms with Gasteiger partial charge >= 0.3 is 0 Å². The Morgan fingerprint density at radius 2 is 2.20 bits per heavy atom. The van der Waals surface area contributed by atoms with Crippen molar-refractivity contribution in [3.8, 4) is 0 Å². The van der Waals surface area contributed by atoms with E-state index in [9.17, 15) is 0 Å². The first-order chi connectivity index (χ1) is 7.38. The van der Waals surface area contributed by atoms with Crippen molar-refractivity contribution in [1.82, 2.24) is 9.97 Å². The number of rotatable bonds is 2. The number of hydrogen-bond acceptors (Lipinski definition) is 3. The van der Waals surface area contributed by atoms with Crippen molar-refractivity contribution in [3.05, 3.63) is 36.2 Å². The van der Waals surface area contributed by atoms with Gasteiger partial charge < -0.3 is 5.11 Å². The topological polar surface area (TPSA) is 46.0 Å². The molecule has 1 fully saturated rings. The third-order valence-electron chi connectivity index (χ3n) is 3.01. The maximum absolute atomic E-state index is 9.01. The molecule has 0 aliphatic heterocycles. The van der Waals surface area contributed by atoms with Gasteiger partial charge in [-0.1, -0.05) is 0 Å². The first-order valence-electron chi connectivity index (χ1n) is 5.21. The Hall–Kier alpha value is -1.48. The van der Waals surface area contributed by atoms with Crippen molar-refractivity contribution >= 4 is 11.0 Å². The van der Waals surface area contributed by atoms with E-state index in [1.54, 1.807) is 6.20 Å². The molecule has 0 bridgehead atoms. The lowest BCUT2D eigenvalue weighted by Crippen LogP contribution is -1.93. The molecule has 1 aliphatic rings. The molecule has 0 amide bonds. The van der Waals surface area contributed by atoms with Crippen LogP contribution in [0.4, 0.5) is 0 Å². The lowest BCUT2D eigenvalue weighted by Gasteiger charge is -2.00. The number of fused-ring (bicyclic) bond motifs is 1. The number of nitrogens with zero attached hydrogens (tertiary/aromatic N) is 2. The number of aliphatic hydroxyl groups excluding tert-OH is 1. The van der Waals surface area contributed by atoms with Gasteiger partial charge in [0.15, 0.2) is 0 Å². The molecule has 0 saturated heterocycles. The summed E-state index contributed by atoms with van der Waals surface area (Å²) in [5.41, 5.74) is 2.97. The fraction of sp³-hybridized carbons (Fsp3) is 0.333. The number of aromatic nitrogens is 2. The molecule has 3 heteroatoms. The molecule has 1 aliphatic carbocycles. The zero-order valence-electron chi connectivity index (χ0n) is 8.30. The van der Waals surface area contributed by atoms with Gasteiger partial charge in [-0.3, -0.25) is 9.97 Å². The van der Waals surface area contributed by atoms with Crippen LogP contribution in [0.2, 0.25) is 0 Å². The molecule has 0 unspecified atom stereocenters. The Bertz CT molecular complexity index is 498. The minimum atomic E-state index is 0.275. The van der Waals surface area contributed by atoms with E-state index in [-0.39, 0.29) is 6.61 Å². The van der Waals surface area contributed by atoms with E-state index in [1.165, 1.54) is 0 Å². The number of hydrogen-bond donors (Lipinski definition) is 1. The average molecular weight is 200 g/mol. The van der Waals surface area contributed by atoms with E-state index in [2.05, 4.69) is 9.97 Å². The molecule has 2 heterocycles. The monoisotopic (exact) mass is 200 g/mol. The minimum absolute atomic E-state index is 0.275. The molecule has 76 valence electrons. The highest BCUT2D eigenvalue weighted by Crippen LogP contribution is 2.46. The smallest absolute Gasteiger partial charge is 0.0890 e. The largest absolute Gasteiger partial charge is 0.396 e. The van der Waals surface area contributed by atoms with Gasteiger partial charge in [-0.2, -0.15) is 0 Å². The lowest BCUT2D eigenvalue weighted by molar-refractivity contribution is 0.273. The summed E-state index contributed by atoms with van der Waals surface area (Å²) in [5, 5.41) is 9.01. The first kappa shape index (κ1) is 8.80. The molecule has 2 atom stereocenters. The second-order valence-electron chi connectivity index (χ2n) is 4.06. The molecule has 3 rings (SSSR count). The average Bonchev–Trinajstić information content (AvgIpc) is 3.08. The molecule has 0 radical (unpaired) electrons. The number of aliphatic hydroxyl groups is 1. The van der Waals surface area contributed by atoms with Crippen LogP contribution in [0.1, 0.15) is 18.0 Å². The Labute approximate surface area is 87.8 Å². The van der Waals surface area contributed by atoms with Gasteiger partial charge in [0, 0.05) is 24.4 Å². The van der Waals surface area contributed by atoms with E-state index in [0.717, 1.165) is 23.1 Å². The highest BCUT2D eigenvalue weighted by molar-refractivity contribution is 5.73. The lowest BCUT2D eigenvalue weighted by atomic mass is 10.2. The van der Waals surface area contributed by atoms with Crippen LogP contribution in [-0.2, 0) is 0 Å². The second kappa shape index (κ2) is 3.28. The molecule has 0 spiro atoms. The van der Waals surface area contributed by atoms with Crippen LogP contribution >= 0.6 is 0 Å². The predicted molar refractivity (Wildman–Crippen MR) is 57.5 cm³/mol. The van der Waals surface area contributed by atoms with Crippen LogP contribution < -0.4 is 0 Å². The molecule has 15 heavy (non-hydrogen) atoms. The fourth-order valence-corrected chi connectivity index (χ4v) is 1.99. The van der Waals surface area contributed by atoms with Gasteiger partial charge in [0.1, 0.15) is 0 Å². The summed E-state index contributed by atoms with van der Waals surface area (Å²) in [4.78, 5) is 8.79. The molecular weight excluding hydrogens is 188 g/mol. The zero-order chi connectivity index (χ0) is 10.3. The quantitative estimate of drug-likeness (QED) is 0.803. The minimum Gasteiger partial charge on any atom is -0.396 e. The summed E-state index contributed by atoms with van der Waals surface area (Å²) >= 11 is 0. The highest BCUT2D eigenvalue weighted by Gasteiger charge is 2.38. The van der Waals surface area contributed by atoms with Gasteiger partial charge in [0.25, 0.3) is 0 Å². The summed E-state index contributed by atoms with van der Waals surface area (Å²) in [5.74, 6) is 0.881. The van der Waals surface area contributed by atoms with Crippen LogP contribution in [0.3, 0.4) is 0 Å². The summed E-state index contributed by atoms with van der Waals surface area (Å²) in [6.07, 6.45) is 2.84. The molecular formula is C12H12N2O. The van der Waals surface area contributed by atoms with E-state index in [1.807, 2.05) is 24.3 Å². The predicted octanol–water partition coefficient (Wildman–Crippen LogP) is 1.73. The molecule has 2 aromatic heterocycles. The maximum Gasteiger partial charge on any atom is 0.0890 e. The SMILES string of the molecule is OC[C@H]1C[C@@H]1c1ccc2ncccc2n1. The molecule has 1 N–H and O–H groups in total. The normalized spacial score (nSPS) is 24.3. The first-order valence-corrected chi connectivity index (χ1v) is 5.21. The van der Waals surface area contributed by atoms with Crippen molar-refractivity contribution < 1.29 is 5.11 Å². The van der Waals surface area contributed by atoms with E-state index in [0.29, 0.717) is 11.8 Å². The Morgan fingerprint density at radius 1 is 1.27 bits per heavy atom. The molecule has 2 aromatic rings. The zero-order valence-corrected chi connectivity index (χ0v) is 8.30. The van der Waals surface area contributed by atoms with Crippen LogP contribution in [0, 0.1) is 5.92 Å². The van der Waals surface area contributed by atoms with Gasteiger partial charge in [0.2, 0.25) is 0 Å². The van der Waals surface area contributed by atoms with Crippen molar-refractivity contribution in [3.63, 3.8) is 0 Å². The molecule has 1 saturated carbocycles. The van der Waals surface area contributed by atoms with E-state index in [4.69, 9.17) is 5.11 Å².